The third kappa shape index (κ3) is 23.2. The number of carboxylic acid groups (broad SMARTS) is 1. The van der Waals surface area contributed by atoms with Crippen molar-refractivity contribution in [2.45, 2.75) is 116 Å². The smallest absolute Gasteiger partial charge is 0.303 e. The fourth-order valence-electron chi connectivity index (χ4n) is 3.04. The maximum Gasteiger partial charge on any atom is 0.303 e. The lowest BCUT2D eigenvalue weighted by atomic mass is 10.1. The molecule has 26 heavy (non-hydrogen) atoms. The SMILES string of the molecule is CCCCCCCCCCOCCCCCCC/C=C\CCCC(=O)O. The monoisotopic (exact) mass is 368 g/mol. The summed E-state index contributed by atoms with van der Waals surface area (Å²) in [7, 11) is 0. The molecule has 0 aromatic carbocycles. The van der Waals surface area contributed by atoms with Gasteiger partial charge in [-0.3, -0.25) is 4.79 Å². The zero-order valence-corrected chi connectivity index (χ0v) is 17.4. The van der Waals surface area contributed by atoms with Gasteiger partial charge in [0, 0.05) is 19.6 Å². The van der Waals surface area contributed by atoms with Gasteiger partial charge in [-0.05, 0) is 38.5 Å². The predicted molar refractivity (Wildman–Crippen MR) is 112 cm³/mol. The van der Waals surface area contributed by atoms with Crippen LogP contribution in [0.3, 0.4) is 0 Å². The summed E-state index contributed by atoms with van der Waals surface area (Å²) in [5.41, 5.74) is 0. The van der Waals surface area contributed by atoms with Gasteiger partial charge in [0.1, 0.15) is 0 Å². The quantitative estimate of drug-likeness (QED) is 0.171. The molecule has 1 N–H and O–H groups in total. The first-order chi connectivity index (χ1) is 12.8. The number of allylic oxidation sites excluding steroid dienone is 2. The molecule has 0 atom stereocenters. The van der Waals surface area contributed by atoms with Crippen molar-refractivity contribution in [1.29, 1.82) is 0 Å². The maximum atomic E-state index is 10.4. The van der Waals surface area contributed by atoms with E-state index in [0.717, 1.165) is 32.5 Å². The predicted octanol–water partition coefficient (Wildman–Crippen LogP) is 7.30. The number of aliphatic carboxylic acids is 1. The highest BCUT2D eigenvalue weighted by Crippen LogP contribution is 2.09. The van der Waals surface area contributed by atoms with Crippen LogP contribution in [0.1, 0.15) is 116 Å². The average Bonchev–Trinajstić information content (AvgIpc) is 2.62. The number of ether oxygens (including phenoxy) is 1. The van der Waals surface area contributed by atoms with E-state index in [1.165, 1.54) is 83.5 Å². The van der Waals surface area contributed by atoms with Crippen LogP contribution < -0.4 is 0 Å². The second kappa shape index (κ2) is 22.2. The Morgan fingerprint density at radius 3 is 1.69 bits per heavy atom. The summed E-state index contributed by atoms with van der Waals surface area (Å²) in [6, 6.07) is 0. The van der Waals surface area contributed by atoms with Crippen molar-refractivity contribution in [2.24, 2.45) is 0 Å². The largest absolute Gasteiger partial charge is 0.481 e. The van der Waals surface area contributed by atoms with E-state index < -0.39 is 5.97 Å². The van der Waals surface area contributed by atoms with Gasteiger partial charge >= 0.3 is 5.97 Å². The van der Waals surface area contributed by atoms with E-state index in [4.69, 9.17) is 9.84 Å². The van der Waals surface area contributed by atoms with E-state index in [-0.39, 0.29) is 6.42 Å². The van der Waals surface area contributed by atoms with Crippen LogP contribution in [0.2, 0.25) is 0 Å². The first kappa shape index (κ1) is 25.2. The summed E-state index contributed by atoms with van der Waals surface area (Å²) in [5, 5.41) is 8.54. The molecule has 0 heterocycles. The molecule has 0 fully saturated rings. The zero-order chi connectivity index (χ0) is 19.1. The molecule has 0 radical (unpaired) electrons. The summed E-state index contributed by atoms with van der Waals surface area (Å²) < 4.78 is 5.73. The molecule has 3 heteroatoms. The van der Waals surface area contributed by atoms with Crippen molar-refractivity contribution in [1.82, 2.24) is 0 Å². The summed E-state index contributed by atoms with van der Waals surface area (Å²) in [5.74, 6) is -0.694. The van der Waals surface area contributed by atoms with Gasteiger partial charge in [-0.15, -0.1) is 0 Å². The van der Waals surface area contributed by atoms with Crippen LogP contribution >= 0.6 is 0 Å². The first-order valence-corrected chi connectivity index (χ1v) is 11.2. The van der Waals surface area contributed by atoms with Gasteiger partial charge in [0.15, 0.2) is 0 Å². The first-order valence-electron chi connectivity index (χ1n) is 11.2. The molecule has 0 bridgehead atoms. The molecule has 0 aromatic heterocycles. The van der Waals surface area contributed by atoms with Crippen LogP contribution in [0.25, 0.3) is 0 Å². The molecule has 0 spiro atoms. The third-order valence-corrected chi connectivity index (χ3v) is 4.73. The molecular formula is C23H44O3. The molecule has 0 saturated carbocycles. The lowest BCUT2D eigenvalue weighted by Gasteiger charge is -2.05. The van der Waals surface area contributed by atoms with Gasteiger partial charge in [-0.1, -0.05) is 83.3 Å². The topological polar surface area (TPSA) is 46.5 Å². The van der Waals surface area contributed by atoms with Crippen LogP contribution in [0.15, 0.2) is 12.2 Å². The van der Waals surface area contributed by atoms with Crippen molar-refractivity contribution in [3.05, 3.63) is 12.2 Å². The number of unbranched alkanes of at least 4 members (excludes halogenated alkanes) is 13. The highest BCUT2D eigenvalue weighted by Gasteiger charge is 1.95. The van der Waals surface area contributed by atoms with E-state index in [1.54, 1.807) is 0 Å². The summed E-state index contributed by atoms with van der Waals surface area (Å²) in [6.45, 7) is 4.14. The van der Waals surface area contributed by atoms with E-state index in [2.05, 4.69) is 19.1 Å². The van der Waals surface area contributed by atoms with Gasteiger partial charge in [-0.25, -0.2) is 0 Å². The van der Waals surface area contributed by atoms with Crippen molar-refractivity contribution < 1.29 is 14.6 Å². The number of carbonyl (C=O) groups is 1. The maximum absolute atomic E-state index is 10.4. The lowest BCUT2D eigenvalue weighted by molar-refractivity contribution is -0.137. The molecule has 0 aromatic rings. The molecule has 0 rings (SSSR count). The molecular weight excluding hydrogens is 324 g/mol. The van der Waals surface area contributed by atoms with E-state index in [9.17, 15) is 4.79 Å². The number of hydrogen-bond donors (Lipinski definition) is 1. The Bertz CT molecular complexity index is 313. The van der Waals surface area contributed by atoms with Gasteiger partial charge in [-0.2, -0.15) is 0 Å². The lowest BCUT2D eigenvalue weighted by Crippen LogP contribution is -1.97. The van der Waals surface area contributed by atoms with Crippen LogP contribution in [0, 0.1) is 0 Å². The Kier molecular flexibility index (Phi) is 21.5. The second-order valence-corrected chi connectivity index (χ2v) is 7.40. The van der Waals surface area contributed by atoms with Crippen molar-refractivity contribution in [3.63, 3.8) is 0 Å². The Hall–Kier alpha value is -0.830. The Morgan fingerprint density at radius 1 is 0.692 bits per heavy atom. The summed E-state index contributed by atoms with van der Waals surface area (Å²) in [6.07, 6.45) is 24.6. The van der Waals surface area contributed by atoms with E-state index in [1.807, 2.05) is 0 Å². The second-order valence-electron chi connectivity index (χ2n) is 7.40. The van der Waals surface area contributed by atoms with Crippen LogP contribution in [0.4, 0.5) is 0 Å². The molecule has 0 amide bonds. The Balaban J connectivity index is 3.05. The normalized spacial score (nSPS) is 11.4. The number of carboxylic acids is 1. The fourth-order valence-corrected chi connectivity index (χ4v) is 3.04. The Morgan fingerprint density at radius 2 is 1.15 bits per heavy atom. The molecule has 0 aliphatic carbocycles. The molecule has 0 saturated heterocycles. The zero-order valence-electron chi connectivity index (χ0n) is 17.4. The number of hydrogen-bond acceptors (Lipinski definition) is 2. The third-order valence-electron chi connectivity index (χ3n) is 4.73. The van der Waals surface area contributed by atoms with Crippen LogP contribution in [-0.2, 0) is 9.53 Å². The molecule has 154 valence electrons. The van der Waals surface area contributed by atoms with E-state index in [0.29, 0.717) is 0 Å². The van der Waals surface area contributed by atoms with Gasteiger partial charge in [0.2, 0.25) is 0 Å². The summed E-state index contributed by atoms with van der Waals surface area (Å²) >= 11 is 0. The Labute approximate surface area is 162 Å². The molecule has 0 aliphatic rings. The number of rotatable bonds is 21. The van der Waals surface area contributed by atoms with Gasteiger partial charge in [0.05, 0.1) is 0 Å². The highest BCUT2D eigenvalue weighted by atomic mass is 16.5. The van der Waals surface area contributed by atoms with Crippen molar-refractivity contribution >= 4 is 5.97 Å². The average molecular weight is 369 g/mol. The minimum atomic E-state index is -0.694. The van der Waals surface area contributed by atoms with Gasteiger partial charge in [0.25, 0.3) is 0 Å². The summed E-state index contributed by atoms with van der Waals surface area (Å²) in [4.78, 5) is 10.4. The fraction of sp³-hybridized carbons (Fsp3) is 0.870. The van der Waals surface area contributed by atoms with Crippen LogP contribution in [0.5, 0.6) is 0 Å². The standard InChI is InChI=1S/C23H44O3/c1-2-3-4-5-6-12-15-18-21-26-22-19-16-13-10-8-7-9-11-14-17-20-23(24)25/h9,11H,2-8,10,12-22H2,1H3,(H,24,25)/b11-9-. The van der Waals surface area contributed by atoms with Gasteiger partial charge < -0.3 is 9.84 Å². The highest BCUT2D eigenvalue weighted by molar-refractivity contribution is 5.66. The van der Waals surface area contributed by atoms with Crippen molar-refractivity contribution in [3.8, 4) is 0 Å². The van der Waals surface area contributed by atoms with E-state index >= 15 is 0 Å². The molecule has 3 nitrogen and oxygen atoms in total. The van der Waals surface area contributed by atoms with Crippen LogP contribution in [-0.4, -0.2) is 24.3 Å². The minimum Gasteiger partial charge on any atom is -0.481 e. The molecule has 0 aliphatic heterocycles. The molecule has 0 unspecified atom stereocenters. The van der Waals surface area contributed by atoms with Crippen molar-refractivity contribution in [2.75, 3.05) is 13.2 Å². The minimum absolute atomic E-state index is 0.283.